The lowest BCUT2D eigenvalue weighted by Gasteiger charge is -1.95. The molecule has 0 aromatic rings. The van der Waals surface area contributed by atoms with E-state index in [4.69, 9.17) is 15.7 Å². The first-order valence-electron chi connectivity index (χ1n) is 2.73. The molecule has 0 amide bonds. The minimum Gasteiger partial charge on any atom is -0.404 e. The van der Waals surface area contributed by atoms with Gasteiger partial charge in [0.1, 0.15) is 0 Å². The fourth-order valence-corrected chi connectivity index (χ4v) is 0.330. The first-order valence-corrected chi connectivity index (χ1v) is 2.73. The van der Waals surface area contributed by atoms with Crippen molar-refractivity contribution < 1.29 is 4.74 Å². The second-order valence-electron chi connectivity index (χ2n) is 1.44. The van der Waals surface area contributed by atoms with Gasteiger partial charge >= 0.3 is 0 Å². The van der Waals surface area contributed by atoms with E-state index in [0.717, 1.165) is 0 Å². The summed E-state index contributed by atoms with van der Waals surface area (Å²) in [4.78, 5) is 0. The van der Waals surface area contributed by atoms with Crippen molar-refractivity contribution in [3.8, 4) is 6.07 Å². The molecule has 0 fully saturated rings. The van der Waals surface area contributed by atoms with E-state index in [2.05, 4.69) is 0 Å². The van der Waals surface area contributed by atoms with Crippen molar-refractivity contribution in [2.75, 3.05) is 13.2 Å². The molecule has 0 radical (unpaired) electrons. The van der Waals surface area contributed by atoms with Gasteiger partial charge in [0, 0.05) is 12.8 Å². The van der Waals surface area contributed by atoms with Crippen molar-refractivity contribution >= 4 is 0 Å². The second-order valence-corrected chi connectivity index (χ2v) is 1.44. The van der Waals surface area contributed by atoms with Gasteiger partial charge in [-0.05, 0) is 6.92 Å². The van der Waals surface area contributed by atoms with E-state index in [9.17, 15) is 0 Å². The fourth-order valence-electron chi connectivity index (χ4n) is 0.330. The van der Waals surface area contributed by atoms with Crippen molar-refractivity contribution in [1.29, 1.82) is 5.26 Å². The Bertz CT molecular complexity index is 134. The van der Waals surface area contributed by atoms with Crippen molar-refractivity contribution in [2.24, 2.45) is 5.73 Å². The van der Waals surface area contributed by atoms with Crippen LogP contribution >= 0.6 is 0 Å². The molecule has 3 nitrogen and oxygen atoms in total. The van der Waals surface area contributed by atoms with E-state index in [-0.39, 0.29) is 0 Å². The smallest absolute Gasteiger partial charge is 0.0986 e. The molecule has 0 rings (SSSR count). The summed E-state index contributed by atoms with van der Waals surface area (Å²) in [6.45, 7) is 2.80. The first kappa shape index (κ1) is 7.99. The lowest BCUT2D eigenvalue weighted by atomic mass is 10.3. The van der Waals surface area contributed by atoms with Gasteiger partial charge in [-0.25, -0.2) is 0 Å². The Balaban J connectivity index is 3.49. The van der Waals surface area contributed by atoms with Crippen LogP contribution in [0.2, 0.25) is 0 Å². The third kappa shape index (κ3) is 3.56. The normalized spacial score (nSPS) is 10.9. The van der Waals surface area contributed by atoms with Crippen LogP contribution in [0.3, 0.4) is 0 Å². The predicted octanol–water partition coefficient (Wildman–Crippen LogP) is 0.389. The summed E-state index contributed by atoms with van der Waals surface area (Å²) in [6, 6.07) is 1.90. The van der Waals surface area contributed by atoms with Gasteiger partial charge in [0.15, 0.2) is 0 Å². The van der Waals surface area contributed by atoms with Gasteiger partial charge in [-0.15, -0.1) is 0 Å². The summed E-state index contributed by atoms with van der Waals surface area (Å²) in [5.74, 6) is 0. The SMILES string of the molecule is CCOC/C(C#N)=C/N. The zero-order valence-corrected chi connectivity index (χ0v) is 5.42. The standard InChI is InChI=1S/C6H10N2O/c1-2-9-5-6(3-7)4-8/h3H,2,5,7H2,1H3/b6-3+. The minimum absolute atomic E-state index is 0.323. The monoisotopic (exact) mass is 126 g/mol. The highest BCUT2D eigenvalue weighted by atomic mass is 16.5. The molecule has 0 aliphatic rings. The molecule has 0 aliphatic carbocycles. The van der Waals surface area contributed by atoms with Gasteiger partial charge in [-0.2, -0.15) is 5.26 Å². The van der Waals surface area contributed by atoms with Gasteiger partial charge < -0.3 is 10.5 Å². The number of hydrogen-bond donors (Lipinski definition) is 1. The molecule has 0 spiro atoms. The van der Waals surface area contributed by atoms with Crippen LogP contribution in [0, 0.1) is 11.3 Å². The van der Waals surface area contributed by atoms with Crippen molar-refractivity contribution in [3.63, 3.8) is 0 Å². The second kappa shape index (κ2) is 5.13. The lowest BCUT2D eigenvalue weighted by molar-refractivity contribution is 0.173. The summed E-state index contributed by atoms with van der Waals surface area (Å²) < 4.78 is 4.91. The van der Waals surface area contributed by atoms with Gasteiger partial charge in [0.2, 0.25) is 0 Å². The van der Waals surface area contributed by atoms with Gasteiger partial charge in [0.05, 0.1) is 18.2 Å². The molecule has 0 aromatic carbocycles. The zero-order chi connectivity index (χ0) is 7.11. The van der Waals surface area contributed by atoms with Crippen LogP contribution in [0.5, 0.6) is 0 Å². The fraction of sp³-hybridized carbons (Fsp3) is 0.500. The molecular formula is C6H10N2O. The van der Waals surface area contributed by atoms with Crippen LogP contribution in [-0.4, -0.2) is 13.2 Å². The summed E-state index contributed by atoms with van der Waals surface area (Å²) in [7, 11) is 0. The van der Waals surface area contributed by atoms with E-state index < -0.39 is 0 Å². The Labute approximate surface area is 54.7 Å². The highest BCUT2D eigenvalue weighted by molar-refractivity contribution is 5.19. The molecule has 0 aromatic heterocycles. The topological polar surface area (TPSA) is 59.0 Å². The molecule has 2 N–H and O–H groups in total. The van der Waals surface area contributed by atoms with E-state index >= 15 is 0 Å². The third-order valence-electron chi connectivity index (χ3n) is 0.806. The third-order valence-corrected chi connectivity index (χ3v) is 0.806. The Hall–Kier alpha value is -1.01. The Morgan fingerprint density at radius 2 is 2.56 bits per heavy atom. The molecule has 0 unspecified atom stereocenters. The van der Waals surface area contributed by atoms with Crippen molar-refractivity contribution in [1.82, 2.24) is 0 Å². The van der Waals surface area contributed by atoms with Crippen LogP contribution in [0.15, 0.2) is 11.8 Å². The zero-order valence-electron chi connectivity index (χ0n) is 5.42. The van der Waals surface area contributed by atoms with E-state index in [1.54, 1.807) is 0 Å². The van der Waals surface area contributed by atoms with Gasteiger partial charge in [0.25, 0.3) is 0 Å². The maximum absolute atomic E-state index is 8.27. The quantitative estimate of drug-likeness (QED) is 0.556. The Kier molecular flexibility index (Phi) is 4.56. The maximum atomic E-state index is 8.27. The molecule has 0 atom stereocenters. The molecule has 9 heavy (non-hydrogen) atoms. The van der Waals surface area contributed by atoms with E-state index in [1.165, 1.54) is 6.20 Å². The highest BCUT2D eigenvalue weighted by Crippen LogP contribution is 1.88. The van der Waals surface area contributed by atoms with Crippen LogP contribution < -0.4 is 5.73 Å². The molecule has 50 valence electrons. The molecular weight excluding hydrogens is 116 g/mol. The summed E-state index contributed by atoms with van der Waals surface area (Å²) >= 11 is 0. The van der Waals surface area contributed by atoms with Crippen LogP contribution in [-0.2, 0) is 4.74 Å². The number of nitrogens with two attached hydrogens (primary N) is 1. The van der Waals surface area contributed by atoms with E-state index in [1.807, 2.05) is 13.0 Å². The van der Waals surface area contributed by atoms with Crippen LogP contribution in [0.4, 0.5) is 0 Å². The Morgan fingerprint density at radius 3 is 2.89 bits per heavy atom. The van der Waals surface area contributed by atoms with E-state index in [0.29, 0.717) is 18.8 Å². The molecule has 3 heteroatoms. The van der Waals surface area contributed by atoms with Gasteiger partial charge in [-0.3, -0.25) is 0 Å². The maximum Gasteiger partial charge on any atom is 0.0986 e. The highest BCUT2D eigenvalue weighted by Gasteiger charge is 1.90. The number of nitriles is 1. The molecule has 0 aliphatic heterocycles. The number of ether oxygens (including phenoxy) is 1. The number of nitrogens with zero attached hydrogens (tertiary/aromatic N) is 1. The van der Waals surface area contributed by atoms with Crippen LogP contribution in [0.25, 0.3) is 0 Å². The summed E-state index contributed by atoms with van der Waals surface area (Å²) in [5, 5.41) is 8.27. The average molecular weight is 126 g/mol. The first-order chi connectivity index (χ1) is 4.35. The molecule has 0 bridgehead atoms. The Morgan fingerprint density at radius 1 is 1.89 bits per heavy atom. The van der Waals surface area contributed by atoms with Crippen molar-refractivity contribution in [2.45, 2.75) is 6.92 Å². The van der Waals surface area contributed by atoms with Crippen LogP contribution in [0.1, 0.15) is 6.92 Å². The predicted molar refractivity (Wildman–Crippen MR) is 34.4 cm³/mol. The number of hydrogen-bond acceptors (Lipinski definition) is 3. The lowest BCUT2D eigenvalue weighted by Crippen LogP contribution is -1.97. The van der Waals surface area contributed by atoms with Gasteiger partial charge in [-0.1, -0.05) is 0 Å². The van der Waals surface area contributed by atoms with Crippen molar-refractivity contribution in [3.05, 3.63) is 11.8 Å². The molecule has 0 heterocycles. The summed E-state index contributed by atoms with van der Waals surface area (Å²) in [5.41, 5.74) is 5.53. The summed E-state index contributed by atoms with van der Waals surface area (Å²) in [6.07, 6.45) is 1.26. The minimum atomic E-state index is 0.323. The largest absolute Gasteiger partial charge is 0.404 e. The molecule has 0 saturated carbocycles. The average Bonchev–Trinajstić information content (AvgIpc) is 1.91. The number of rotatable bonds is 3. The molecule has 0 saturated heterocycles.